The predicted molar refractivity (Wildman–Crippen MR) is 99.5 cm³/mol. The maximum atomic E-state index is 12.8. The largest absolute Gasteiger partial charge is 0.444 e. The van der Waals surface area contributed by atoms with E-state index in [0.29, 0.717) is 5.56 Å². The zero-order valence-electron chi connectivity index (χ0n) is 15.9. The molecule has 1 amide bonds. The van der Waals surface area contributed by atoms with Crippen LogP contribution in [0.4, 0.5) is 4.79 Å². The number of benzene rings is 1. The van der Waals surface area contributed by atoms with E-state index in [-0.39, 0.29) is 12.6 Å². The molecule has 26 heavy (non-hydrogen) atoms. The van der Waals surface area contributed by atoms with Gasteiger partial charge in [0.2, 0.25) is 0 Å². The Bertz CT molecular complexity index is 737. The summed E-state index contributed by atoms with van der Waals surface area (Å²) in [5.74, 6) is 0. The van der Waals surface area contributed by atoms with E-state index in [4.69, 9.17) is 4.74 Å². The first-order chi connectivity index (χ1) is 12.2. The standard InChI is InChI=1S/C19H26N4O3/c1-14(15-9-7-6-8-10-15)23(18(24)26-19(2,3)4)13-17(21-25)16-11-20-22(5)12-16/h6-12,14,17H,13H2,1-5H3. The van der Waals surface area contributed by atoms with E-state index in [1.54, 1.807) is 29.0 Å². The van der Waals surface area contributed by atoms with Crippen molar-refractivity contribution >= 4 is 6.09 Å². The minimum Gasteiger partial charge on any atom is -0.444 e. The smallest absolute Gasteiger partial charge is 0.410 e. The van der Waals surface area contributed by atoms with Crippen LogP contribution in [0.25, 0.3) is 0 Å². The van der Waals surface area contributed by atoms with E-state index >= 15 is 0 Å². The van der Waals surface area contributed by atoms with Crippen LogP contribution in [-0.4, -0.2) is 32.9 Å². The van der Waals surface area contributed by atoms with Gasteiger partial charge in [0.05, 0.1) is 18.8 Å². The number of hydrogen-bond donors (Lipinski definition) is 0. The van der Waals surface area contributed by atoms with Crippen molar-refractivity contribution in [2.24, 2.45) is 12.2 Å². The molecule has 0 N–H and O–H groups in total. The number of amides is 1. The molecule has 0 radical (unpaired) electrons. The van der Waals surface area contributed by atoms with Crippen LogP contribution in [-0.2, 0) is 11.8 Å². The monoisotopic (exact) mass is 358 g/mol. The summed E-state index contributed by atoms with van der Waals surface area (Å²) in [5.41, 5.74) is 0.981. The van der Waals surface area contributed by atoms with Gasteiger partial charge >= 0.3 is 6.09 Å². The Morgan fingerprint density at radius 3 is 2.42 bits per heavy atom. The summed E-state index contributed by atoms with van der Waals surface area (Å²) in [7, 11) is 1.77. The lowest BCUT2D eigenvalue weighted by Gasteiger charge is -2.33. The van der Waals surface area contributed by atoms with E-state index in [0.717, 1.165) is 5.56 Å². The fraction of sp³-hybridized carbons (Fsp3) is 0.474. The van der Waals surface area contributed by atoms with Gasteiger partial charge in [-0.15, -0.1) is 0 Å². The highest BCUT2D eigenvalue weighted by atomic mass is 16.6. The van der Waals surface area contributed by atoms with Crippen LogP contribution >= 0.6 is 0 Å². The maximum absolute atomic E-state index is 12.8. The molecule has 2 atom stereocenters. The highest BCUT2D eigenvalue weighted by Gasteiger charge is 2.30. The first-order valence-electron chi connectivity index (χ1n) is 8.57. The Morgan fingerprint density at radius 1 is 1.27 bits per heavy atom. The molecule has 7 heteroatoms. The van der Waals surface area contributed by atoms with Crippen molar-refractivity contribution in [1.29, 1.82) is 0 Å². The molecule has 0 bridgehead atoms. The SMILES string of the molecule is CC(c1ccccc1)N(CC(N=O)c1cnn(C)c1)C(=O)OC(C)(C)C. The number of rotatable bonds is 6. The second-order valence-electron chi connectivity index (χ2n) is 7.29. The average molecular weight is 358 g/mol. The molecule has 140 valence electrons. The van der Waals surface area contributed by atoms with Crippen LogP contribution in [0.1, 0.15) is 50.9 Å². The van der Waals surface area contributed by atoms with Gasteiger partial charge in [-0.25, -0.2) is 4.79 Å². The van der Waals surface area contributed by atoms with Crippen LogP contribution in [0.2, 0.25) is 0 Å². The quantitative estimate of drug-likeness (QED) is 0.724. The van der Waals surface area contributed by atoms with Crippen LogP contribution < -0.4 is 0 Å². The molecule has 1 aromatic heterocycles. The normalized spacial score (nSPS) is 13.7. The van der Waals surface area contributed by atoms with E-state index in [9.17, 15) is 9.70 Å². The molecule has 0 spiro atoms. The fourth-order valence-corrected chi connectivity index (χ4v) is 2.62. The lowest BCUT2D eigenvalue weighted by Crippen LogP contribution is -2.40. The Hall–Kier alpha value is -2.70. The number of nitroso groups, excluding NO2 is 1. The molecule has 0 saturated carbocycles. The highest BCUT2D eigenvalue weighted by Crippen LogP contribution is 2.27. The number of hydrogen-bond acceptors (Lipinski definition) is 5. The number of carbonyl (C=O) groups excluding carboxylic acids is 1. The van der Waals surface area contributed by atoms with E-state index in [1.165, 1.54) is 0 Å². The molecule has 0 aliphatic heterocycles. The summed E-state index contributed by atoms with van der Waals surface area (Å²) >= 11 is 0. The predicted octanol–water partition coefficient (Wildman–Crippen LogP) is 4.23. The number of ether oxygens (including phenoxy) is 1. The number of aryl methyl sites for hydroxylation is 1. The van der Waals surface area contributed by atoms with Gasteiger partial charge < -0.3 is 4.74 Å². The number of carbonyl (C=O) groups is 1. The number of aromatic nitrogens is 2. The van der Waals surface area contributed by atoms with Crippen LogP contribution in [0.15, 0.2) is 47.9 Å². The van der Waals surface area contributed by atoms with Gasteiger partial charge in [-0.05, 0) is 33.3 Å². The zero-order chi connectivity index (χ0) is 19.3. The molecule has 7 nitrogen and oxygen atoms in total. The van der Waals surface area contributed by atoms with Crippen molar-refractivity contribution in [2.45, 2.75) is 45.4 Å². The third kappa shape index (κ3) is 5.15. The Morgan fingerprint density at radius 2 is 1.92 bits per heavy atom. The molecule has 1 heterocycles. The second kappa shape index (κ2) is 8.12. The molecule has 0 saturated heterocycles. The molecule has 0 fully saturated rings. The lowest BCUT2D eigenvalue weighted by atomic mass is 10.1. The molecule has 2 rings (SSSR count). The average Bonchev–Trinajstić information content (AvgIpc) is 3.00. The third-order valence-electron chi connectivity index (χ3n) is 3.98. The minimum atomic E-state index is -0.720. The second-order valence-corrected chi connectivity index (χ2v) is 7.29. The van der Waals surface area contributed by atoms with E-state index < -0.39 is 17.7 Å². The van der Waals surface area contributed by atoms with Gasteiger partial charge in [-0.2, -0.15) is 10.0 Å². The van der Waals surface area contributed by atoms with Gasteiger partial charge in [0, 0.05) is 18.8 Å². The Labute approximate surface area is 153 Å². The Balaban J connectivity index is 2.29. The zero-order valence-corrected chi connectivity index (χ0v) is 15.9. The van der Waals surface area contributed by atoms with E-state index in [2.05, 4.69) is 10.3 Å². The topological polar surface area (TPSA) is 76.8 Å². The summed E-state index contributed by atoms with van der Waals surface area (Å²) < 4.78 is 7.15. The van der Waals surface area contributed by atoms with Crippen LogP contribution in [0, 0.1) is 4.91 Å². The molecule has 2 unspecified atom stereocenters. The van der Waals surface area contributed by atoms with Gasteiger partial charge in [0.25, 0.3) is 0 Å². The lowest BCUT2D eigenvalue weighted by molar-refractivity contribution is 0.0160. The van der Waals surface area contributed by atoms with Crippen molar-refractivity contribution in [3.8, 4) is 0 Å². The minimum absolute atomic E-state index is 0.111. The van der Waals surface area contributed by atoms with E-state index in [1.807, 2.05) is 58.0 Å². The van der Waals surface area contributed by atoms with Gasteiger partial charge in [0.1, 0.15) is 11.6 Å². The van der Waals surface area contributed by atoms with Gasteiger partial charge in [-0.1, -0.05) is 35.5 Å². The third-order valence-corrected chi connectivity index (χ3v) is 3.98. The first kappa shape index (κ1) is 19.6. The van der Waals surface area contributed by atoms with Crippen LogP contribution in [0.5, 0.6) is 0 Å². The maximum Gasteiger partial charge on any atom is 0.410 e. The molecule has 0 aliphatic rings. The van der Waals surface area contributed by atoms with Gasteiger partial charge in [-0.3, -0.25) is 9.58 Å². The first-order valence-corrected chi connectivity index (χ1v) is 8.57. The van der Waals surface area contributed by atoms with Crippen molar-refractivity contribution in [3.63, 3.8) is 0 Å². The van der Waals surface area contributed by atoms with Crippen molar-refractivity contribution in [1.82, 2.24) is 14.7 Å². The highest BCUT2D eigenvalue weighted by molar-refractivity contribution is 5.69. The molecular formula is C19H26N4O3. The van der Waals surface area contributed by atoms with Crippen molar-refractivity contribution in [3.05, 3.63) is 58.8 Å². The summed E-state index contributed by atoms with van der Waals surface area (Å²) in [4.78, 5) is 25.8. The van der Waals surface area contributed by atoms with Gasteiger partial charge in [0.15, 0.2) is 0 Å². The Kier molecular flexibility index (Phi) is 6.13. The summed E-state index contributed by atoms with van der Waals surface area (Å²) in [5, 5.41) is 7.30. The molecule has 0 aliphatic carbocycles. The molecule has 1 aromatic carbocycles. The molecular weight excluding hydrogens is 332 g/mol. The van der Waals surface area contributed by atoms with Crippen LogP contribution in [0.3, 0.4) is 0 Å². The van der Waals surface area contributed by atoms with Crippen molar-refractivity contribution in [2.75, 3.05) is 6.54 Å². The molecule has 2 aromatic rings. The summed E-state index contributed by atoms with van der Waals surface area (Å²) in [6.07, 6.45) is 2.84. The fourth-order valence-electron chi connectivity index (χ4n) is 2.62. The number of nitrogens with zero attached hydrogens (tertiary/aromatic N) is 4. The van der Waals surface area contributed by atoms with Crippen molar-refractivity contribution < 1.29 is 9.53 Å². The summed E-state index contributed by atoms with van der Waals surface area (Å²) in [6, 6.07) is 8.63. The summed E-state index contributed by atoms with van der Waals surface area (Å²) in [6.45, 7) is 7.46.